The van der Waals surface area contributed by atoms with Gasteiger partial charge in [-0.25, -0.2) is 0 Å². The Morgan fingerprint density at radius 3 is 1.79 bits per heavy atom. The van der Waals surface area contributed by atoms with Crippen molar-refractivity contribution in [1.82, 2.24) is 4.57 Å². The lowest BCUT2D eigenvalue weighted by Crippen LogP contribution is -2.16. The van der Waals surface area contributed by atoms with E-state index in [9.17, 15) is 0 Å². The van der Waals surface area contributed by atoms with Crippen LogP contribution in [0.2, 0.25) is 0 Å². The minimum Gasteiger partial charge on any atom is -0.310 e. The Hall–Kier alpha value is -7.94. The third-order valence-electron chi connectivity index (χ3n) is 13.9. The third kappa shape index (κ3) is 5.25. The lowest BCUT2D eigenvalue weighted by atomic mass is 9.82. The molecule has 0 aliphatic heterocycles. The summed E-state index contributed by atoms with van der Waals surface area (Å²) in [6.45, 7) is 4.72. The van der Waals surface area contributed by atoms with Crippen LogP contribution < -0.4 is 4.90 Å². The minimum absolute atomic E-state index is 0.107. The molecule has 0 amide bonds. The van der Waals surface area contributed by atoms with E-state index in [1.54, 1.807) is 0 Å². The van der Waals surface area contributed by atoms with Crippen molar-refractivity contribution in [3.05, 3.63) is 230 Å². The van der Waals surface area contributed by atoms with Gasteiger partial charge in [0, 0.05) is 49.7 Å². The highest BCUT2D eigenvalue weighted by Crippen LogP contribution is 2.51. The second-order valence-electron chi connectivity index (χ2n) is 17.7. The van der Waals surface area contributed by atoms with Crippen molar-refractivity contribution in [3.63, 3.8) is 0 Å². The van der Waals surface area contributed by atoms with E-state index < -0.39 is 0 Å². The maximum absolute atomic E-state index is 2.47. The molecular weight excluding hydrogens is 761 g/mol. The fourth-order valence-electron chi connectivity index (χ4n) is 11.0. The lowest BCUT2D eigenvalue weighted by molar-refractivity contribution is 0.660. The third-order valence-corrected chi connectivity index (χ3v) is 13.9. The van der Waals surface area contributed by atoms with Gasteiger partial charge in [-0.05, 0) is 126 Å². The molecule has 0 spiro atoms. The van der Waals surface area contributed by atoms with Crippen LogP contribution in [0.15, 0.2) is 218 Å². The summed E-state index contributed by atoms with van der Waals surface area (Å²) >= 11 is 0. The Balaban J connectivity index is 1.02. The van der Waals surface area contributed by atoms with Crippen molar-refractivity contribution in [3.8, 4) is 27.9 Å². The molecule has 11 aromatic carbocycles. The highest BCUT2D eigenvalue weighted by Gasteiger charge is 2.36. The van der Waals surface area contributed by atoms with Crippen LogP contribution in [0.3, 0.4) is 0 Å². The molecule has 0 radical (unpaired) electrons. The predicted octanol–water partition coefficient (Wildman–Crippen LogP) is 16.8. The summed E-state index contributed by atoms with van der Waals surface area (Å²) < 4.78 is 2.47. The number of hydrogen-bond acceptors (Lipinski definition) is 1. The van der Waals surface area contributed by atoms with Gasteiger partial charge in [0.1, 0.15) is 0 Å². The fraction of sp³-hybridized carbons (Fsp3) is 0.0492. The van der Waals surface area contributed by atoms with E-state index in [4.69, 9.17) is 0 Å². The number of anilines is 3. The van der Waals surface area contributed by atoms with Crippen molar-refractivity contribution in [1.29, 1.82) is 0 Å². The second-order valence-corrected chi connectivity index (χ2v) is 17.7. The zero-order valence-corrected chi connectivity index (χ0v) is 35.2. The average molecular weight is 803 g/mol. The van der Waals surface area contributed by atoms with Crippen LogP contribution in [-0.4, -0.2) is 4.57 Å². The topological polar surface area (TPSA) is 8.17 Å². The van der Waals surface area contributed by atoms with Crippen molar-refractivity contribution in [2.45, 2.75) is 19.3 Å². The molecular formula is C61H42N2. The number of rotatable bonds is 5. The molecule has 0 saturated heterocycles. The van der Waals surface area contributed by atoms with E-state index in [0.717, 1.165) is 17.1 Å². The maximum Gasteiger partial charge on any atom is 0.0626 e. The van der Waals surface area contributed by atoms with Gasteiger partial charge in [-0.2, -0.15) is 0 Å². The molecule has 1 heterocycles. The lowest BCUT2D eigenvalue weighted by Gasteiger charge is -2.28. The van der Waals surface area contributed by atoms with Gasteiger partial charge in [0.15, 0.2) is 0 Å². The van der Waals surface area contributed by atoms with Crippen LogP contribution in [0.4, 0.5) is 17.1 Å². The standard InChI is InChI=1S/C61H42N2/c1-61(2)55-26-14-12-22-48(55)49-35-34-45(37-56(49)61)62(44-33-28-39-16-6-7-17-41(39)36-44)43-31-29-40(30-32-43)53-38-54-47-21-9-11-24-51(47)60-59(58(54)50-23-10-8-20-46(50)53)52-25-13-15-27-57(52)63(60)42-18-4-3-5-19-42/h3-38H,1-2H3. The van der Waals surface area contributed by atoms with E-state index in [-0.39, 0.29) is 5.41 Å². The molecule has 12 aromatic rings. The molecule has 63 heavy (non-hydrogen) atoms. The van der Waals surface area contributed by atoms with Gasteiger partial charge in [0.25, 0.3) is 0 Å². The first-order valence-electron chi connectivity index (χ1n) is 22.0. The molecule has 0 saturated carbocycles. The highest BCUT2D eigenvalue weighted by molar-refractivity contribution is 6.38. The van der Waals surface area contributed by atoms with Crippen molar-refractivity contribution >= 4 is 82.0 Å². The Morgan fingerprint density at radius 2 is 0.968 bits per heavy atom. The first kappa shape index (κ1) is 35.8. The van der Waals surface area contributed by atoms with Gasteiger partial charge in [0.05, 0.1) is 11.0 Å². The molecule has 2 nitrogen and oxygen atoms in total. The van der Waals surface area contributed by atoms with Crippen LogP contribution in [0.25, 0.3) is 92.8 Å². The number of fused-ring (bicyclic) bond motifs is 14. The van der Waals surface area contributed by atoms with Crippen LogP contribution in [0, 0.1) is 0 Å². The molecule has 1 aliphatic rings. The van der Waals surface area contributed by atoms with Gasteiger partial charge in [-0.1, -0.05) is 172 Å². The quantitative estimate of drug-likeness (QED) is 0.157. The largest absolute Gasteiger partial charge is 0.310 e. The summed E-state index contributed by atoms with van der Waals surface area (Å²) in [7, 11) is 0. The normalized spacial score (nSPS) is 13.0. The maximum atomic E-state index is 2.47. The molecule has 296 valence electrons. The van der Waals surface area contributed by atoms with Crippen molar-refractivity contribution < 1.29 is 0 Å². The zero-order chi connectivity index (χ0) is 41.8. The van der Waals surface area contributed by atoms with Gasteiger partial charge in [0.2, 0.25) is 0 Å². The summed E-state index contributed by atoms with van der Waals surface area (Å²) in [6.07, 6.45) is 0. The van der Waals surface area contributed by atoms with Crippen LogP contribution in [0.1, 0.15) is 25.0 Å². The van der Waals surface area contributed by atoms with E-state index >= 15 is 0 Å². The first-order chi connectivity index (χ1) is 31.0. The zero-order valence-electron chi connectivity index (χ0n) is 35.2. The summed E-state index contributed by atoms with van der Waals surface area (Å²) in [5.74, 6) is 0. The molecule has 13 rings (SSSR count). The summed E-state index contributed by atoms with van der Waals surface area (Å²) in [4.78, 5) is 2.43. The first-order valence-corrected chi connectivity index (χ1v) is 22.0. The molecule has 1 aromatic heterocycles. The van der Waals surface area contributed by atoms with Crippen LogP contribution >= 0.6 is 0 Å². The molecule has 2 heteroatoms. The SMILES string of the molecule is CC1(C)c2ccccc2-c2ccc(N(c3ccc(-c4cc5c6ccccc6c6c(c7ccccc7n6-c6ccccc6)c5c5ccccc45)cc3)c3ccc4ccccc4c3)cc21. The highest BCUT2D eigenvalue weighted by atomic mass is 15.1. The van der Waals surface area contributed by atoms with E-state index in [2.05, 4.69) is 242 Å². The van der Waals surface area contributed by atoms with Crippen molar-refractivity contribution in [2.24, 2.45) is 0 Å². The van der Waals surface area contributed by atoms with E-state index in [1.165, 1.54) is 104 Å². The summed E-state index contributed by atoms with van der Waals surface area (Å²) in [6, 6.07) is 80.9. The smallest absolute Gasteiger partial charge is 0.0626 e. The molecule has 1 aliphatic carbocycles. The minimum atomic E-state index is -0.107. The number of para-hydroxylation sites is 2. The van der Waals surface area contributed by atoms with Gasteiger partial charge in [-0.15, -0.1) is 0 Å². The summed E-state index contributed by atoms with van der Waals surface area (Å²) in [5.41, 5.74) is 14.8. The summed E-state index contributed by atoms with van der Waals surface area (Å²) in [5, 5.41) is 12.6. The Morgan fingerprint density at radius 1 is 0.365 bits per heavy atom. The number of nitrogens with zero attached hydrogens (tertiary/aromatic N) is 2. The van der Waals surface area contributed by atoms with Crippen LogP contribution in [0.5, 0.6) is 0 Å². The number of hydrogen-bond donors (Lipinski definition) is 0. The molecule has 0 fully saturated rings. The van der Waals surface area contributed by atoms with E-state index in [1.807, 2.05) is 0 Å². The fourth-order valence-corrected chi connectivity index (χ4v) is 11.0. The van der Waals surface area contributed by atoms with Gasteiger partial charge in [-0.3, -0.25) is 0 Å². The van der Waals surface area contributed by atoms with E-state index in [0.29, 0.717) is 0 Å². The Bertz CT molecular complexity index is 3820. The monoisotopic (exact) mass is 802 g/mol. The number of aromatic nitrogens is 1. The molecule has 0 bridgehead atoms. The predicted molar refractivity (Wildman–Crippen MR) is 268 cm³/mol. The molecule has 0 atom stereocenters. The Kier molecular flexibility index (Phi) is 7.68. The Labute approximate surface area is 366 Å². The second kappa shape index (κ2) is 13.5. The molecule has 0 unspecified atom stereocenters. The van der Waals surface area contributed by atoms with Gasteiger partial charge < -0.3 is 9.47 Å². The average Bonchev–Trinajstić information content (AvgIpc) is 3.80. The molecule has 0 N–H and O–H groups in total. The van der Waals surface area contributed by atoms with Crippen molar-refractivity contribution in [2.75, 3.05) is 4.90 Å². The number of benzene rings is 11. The van der Waals surface area contributed by atoms with Gasteiger partial charge >= 0.3 is 0 Å². The van der Waals surface area contributed by atoms with Crippen LogP contribution in [-0.2, 0) is 5.41 Å².